The molecule has 4 N–H and O–H groups in total. The average molecular weight is 480 g/mol. The topological polar surface area (TPSA) is 134 Å². The summed E-state index contributed by atoms with van der Waals surface area (Å²) in [5.41, 5.74) is 9.52. The van der Waals surface area contributed by atoms with Gasteiger partial charge in [0.2, 0.25) is 0 Å². The minimum Gasteiger partial charge on any atom is -0.388 e. The van der Waals surface area contributed by atoms with E-state index >= 15 is 0 Å². The van der Waals surface area contributed by atoms with Gasteiger partial charge in [-0.2, -0.15) is 0 Å². The number of hydrogen-bond acceptors (Lipinski definition) is 9. The number of anilines is 2. The van der Waals surface area contributed by atoms with Crippen molar-refractivity contribution in [1.29, 1.82) is 0 Å². The van der Waals surface area contributed by atoms with Gasteiger partial charge >= 0.3 is 0 Å². The Morgan fingerprint density at radius 2 is 1.90 bits per heavy atom. The number of nitrogens with two attached hydrogens (primary N) is 1. The standard InChI is InChI=1S/C21H18BrN7O2/c22-12-3-1-2-11(8-12)13-9-15(26-20-18(13)19(23)24-10-25-20)14-4-5-17(28-27-14)29-7-6-16(30)21(29)31/h1-5,8-10,16,21,30-31H,6-7H2,(H2,23,24,25,26)/t16-,21-/m0/s1. The molecule has 1 fully saturated rings. The van der Waals surface area contributed by atoms with Gasteiger partial charge in [-0.15, -0.1) is 10.2 Å². The van der Waals surface area contributed by atoms with Crippen LogP contribution in [0.1, 0.15) is 6.42 Å². The van der Waals surface area contributed by atoms with Crippen molar-refractivity contribution in [3.8, 4) is 22.5 Å². The number of aliphatic hydroxyl groups excluding tert-OH is 2. The summed E-state index contributed by atoms with van der Waals surface area (Å²) in [4.78, 5) is 14.7. The highest BCUT2D eigenvalue weighted by Crippen LogP contribution is 2.34. The molecule has 1 saturated heterocycles. The first-order valence-electron chi connectivity index (χ1n) is 9.65. The minimum atomic E-state index is -0.984. The Morgan fingerprint density at radius 1 is 1.03 bits per heavy atom. The number of benzene rings is 1. The van der Waals surface area contributed by atoms with E-state index in [0.29, 0.717) is 47.0 Å². The van der Waals surface area contributed by atoms with E-state index < -0.39 is 12.3 Å². The fraction of sp³-hybridized carbons (Fsp3) is 0.190. The smallest absolute Gasteiger partial charge is 0.165 e. The molecular weight excluding hydrogens is 462 g/mol. The molecular formula is C21H18BrN7O2. The third kappa shape index (κ3) is 3.58. The molecule has 0 radical (unpaired) electrons. The molecule has 1 aromatic carbocycles. The number of aromatic nitrogens is 5. The van der Waals surface area contributed by atoms with Crippen LogP contribution in [-0.2, 0) is 0 Å². The maximum atomic E-state index is 10.1. The Hall–Kier alpha value is -3.21. The predicted octanol–water partition coefficient (Wildman–Crippen LogP) is 2.38. The van der Waals surface area contributed by atoms with Crippen molar-refractivity contribution in [1.82, 2.24) is 25.1 Å². The van der Waals surface area contributed by atoms with Crippen LogP contribution in [0.15, 0.2) is 53.3 Å². The van der Waals surface area contributed by atoms with E-state index in [1.165, 1.54) is 6.33 Å². The van der Waals surface area contributed by atoms with Crippen LogP contribution in [0.2, 0.25) is 0 Å². The monoisotopic (exact) mass is 479 g/mol. The number of aliphatic hydroxyl groups is 2. The number of pyridine rings is 1. The lowest BCUT2D eigenvalue weighted by Gasteiger charge is -2.21. The fourth-order valence-electron chi connectivity index (χ4n) is 3.73. The van der Waals surface area contributed by atoms with Crippen LogP contribution in [0.3, 0.4) is 0 Å². The second kappa shape index (κ2) is 7.80. The molecule has 4 aromatic rings. The summed E-state index contributed by atoms with van der Waals surface area (Å²) >= 11 is 3.51. The quantitative estimate of drug-likeness (QED) is 0.404. The number of nitrogen functional groups attached to an aromatic ring is 1. The van der Waals surface area contributed by atoms with Crippen molar-refractivity contribution in [3.63, 3.8) is 0 Å². The van der Waals surface area contributed by atoms with Crippen molar-refractivity contribution in [2.75, 3.05) is 17.2 Å². The summed E-state index contributed by atoms with van der Waals surface area (Å²) in [5, 5.41) is 29.1. The molecule has 31 heavy (non-hydrogen) atoms. The number of hydrogen-bond donors (Lipinski definition) is 3. The second-order valence-electron chi connectivity index (χ2n) is 7.26. The fourth-order valence-corrected chi connectivity index (χ4v) is 4.13. The summed E-state index contributed by atoms with van der Waals surface area (Å²) in [6, 6.07) is 13.3. The SMILES string of the molecule is Nc1ncnc2nc(-c3ccc(N4CC[C@H](O)[C@@H]4O)nn3)cc(-c3cccc(Br)c3)c12. The van der Waals surface area contributed by atoms with Gasteiger partial charge in [-0.05, 0) is 47.9 Å². The zero-order valence-electron chi connectivity index (χ0n) is 16.2. The van der Waals surface area contributed by atoms with Gasteiger partial charge in [0.1, 0.15) is 23.9 Å². The Balaban J connectivity index is 1.61. The molecule has 0 saturated carbocycles. The van der Waals surface area contributed by atoms with Gasteiger partial charge in [-0.3, -0.25) is 0 Å². The molecule has 156 valence electrons. The zero-order chi connectivity index (χ0) is 21.5. The number of halogens is 1. The Morgan fingerprint density at radius 3 is 2.61 bits per heavy atom. The Bertz CT molecular complexity index is 1270. The molecule has 1 aliphatic rings. The van der Waals surface area contributed by atoms with Gasteiger partial charge in [0.25, 0.3) is 0 Å². The van der Waals surface area contributed by atoms with Gasteiger partial charge in [0.15, 0.2) is 17.7 Å². The molecule has 0 amide bonds. The molecule has 2 atom stereocenters. The minimum absolute atomic E-state index is 0.349. The highest BCUT2D eigenvalue weighted by atomic mass is 79.9. The van der Waals surface area contributed by atoms with Gasteiger partial charge in [-0.1, -0.05) is 28.1 Å². The summed E-state index contributed by atoms with van der Waals surface area (Å²) in [5.74, 6) is 0.842. The van der Waals surface area contributed by atoms with Crippen LogP contribution in [0.25, 0.3) is 33.5 Å². The van der Waals surface area contributed by atoms with Crippen LogP contribution in [-0.4, -0.2) is 54.2 Å². The second-order valence-corrected chi connectivity index (χ2v) is 8.18. The molecule has 4 heterocycles. The molecule has 10 heteroatoms. The largest absolute Gasteiger partial charge is 0.388 e. The van der Waals surface area contributed by atoms with E-state index in [0.717, 1.165) is 15.6 Å². The molecule has 1 aliphatic heterocycles. The first kappa shape index (κ1) is 19.7. The highest BCUT2D eigenvalue weighted by molar-refractivity contribution is 9.10. The maximum Gasteiger partial charge on any atom is 0.165 e. The van der Waals surface area contributed by atoms with E-state index in [-0.39, 0.29) is 0 Å². The highest BCUT2D eigenvalue weighted by Gasteiger charge is 2.32. The third-order valence-electron chi connectivity index (χ3n) is 5.31. The van der Waals surface area contributed by atoms with Crippen LogP contribution in [0, 0.1) is 0 Å². The average Bonchev–Trinajstić information content (AvgIpc) is 3.11. The molecule has 3 aromatic heterocycles. The van der Waals surface area contributed by atoms with E-state index in [1.807, 2.05) is 30.3 Å². The summed E-state index contributed by atoms with van der Waals surface area (Å²) < 4.78 is 0.933. The zero-order valence-corrected chi connectivity index (χ0v) is 17.8. The van der Waals surface area contributed by atoms with Gasteiger partial charge in [-0.25, -0.2) is 15.0 Å². The van der Waals surface area contributed by atoms with Gasteiger partial charge in [0, 0.05) is 11.0 Å². The first-order chi connectivity index (χ1) is 15.0. The lowest BCUT2D eigenvalue weighted by Crippen LogP contribution is -2.35. The van der Waals surface area contributed by atoms with Crippen molar-refractivity contribution < 1.29 is 10.2 Å². The van der Waals surface area contributed by atoms with E-state index in [9.17, 15) is 10.2 Å². The van der Waals surface area contributed by atoms with Gasteiger partial charge < -0.3 is 20.8 Å². The number of fused-ring (bicyclic) bond motifs is 1. The van der Waals surface area contributed by atoms with E-state index in [1.54, 1.807) is 17.0 Å². The normalized spacial score (nSPS) is 18.6. The predicted molar refractivity (Wildman–Crippen MR) is 120 cm³/mol. The van der Waals surface area contributed by atoms with E-state index in [4.69, 9.17) is 5.73 Å². The summed E-state index contributed by atoms with van der Waals surface area (Å²) in [7, 11) is 0. The Labute approximate surface area is 185 Å². The van der Waals surface area contributed by atoms with Crippen molar-refractivity contribution in [3.05, 3.63) is 53.3 Å². The molecule has 0 aliphatic carbocycles. The summed E-state index contributed by atoms with van der Waals surface area (Å²) in [6.07, 6.45) is 0.0883. The molecule has 0 unspecified atom stereocenters. The lowest BCUT2D eigenvalue weighted by molar-refractivity contribution is 0.0446. The van der Waals surface area contributed by atoms with Crippen molar-refractivity contribution >= 4 is 38.6 Å². The molecule has 5 rings (SSSR count). The van der Waals surface area contributed by atoms with Crippen LogP contribution < -0.4 is 10.6 Å². The molecule has 0 spiro atoms. The van der Waals surface area contributed by atoms with Crippen molar-refractivity contribution in [2.45, 2.75) is 18.8 Å². The summed E-state index contributed by atoms with van der Waals surface area (Å²) in [6.45, 7) is 0.508. The van der Waals surface area contributed by atoms with Crippen LogP contribution in [0.5, 0.6) is 0 Å². The third-order valence-corrected chi connectivity index (χ3v) is 5.80. The van der Waals surface area contributed by atoms with Gasteiger partial charge in [0.05, 0.1) is 11.1 Å². The Kier molecular flexibility index (Phi) is 4.97. The number of nitrogens with zero attached hydrogens (tertiary/aromatic N) is 6. The molecule has 9 nitrogen and oxygen atoms in total. The van der Waals surface area contributed by atoms with E-state index in [2.05, 4.69) is 41.1 Å². The van der Waals surface area contributed by atoms with Crippen molar-refractivity contribution in [2.24, 2.45) is 0 Å². The first-order valence-corrected chi connectivity index (χ1v) is 10.4. The lowest BCUT2D eigenvalue weighted by atomic mass is 10.0. The number of rotatable bonds is 3. The van der Waals surface area contributed by atoms with Crippen LogP contribution >= 0.6 is 15.9 Å². The maximum absolute atomic E-state index is 10.1. The van der Waals surface area contributed by atoms with Crippen LogP contribution in [0.4, 0.5) is 11.6 Å². The molecule has 0 bridgehead atoms.